The van der Waals surface area contributed by atoms with E-state index < -0.39 is 6.61 Å². The molecule has 0 fully saturated rings. The predicted octanol–water partition coefficient (Wildman–Crippen LogP) is 2.07. The van der Waals surface area contributed by atoms with Crippen molar-refractivity contribution in [2.75, 3.05) is 6.54 Å². The van der Waals surface area contributed by atoms with Crippen molar-refractivity contribution in [3.8, 4) is 17.1 Å². The summed E-state index contributed by atoms with van der Waals surface area (Å²) in [6, 6.07) is 6.44. The van der Waals surface area contributed by atoms with Gasteiger partial charge in [-0.1, -0.05) is 0 Å². The third kappa shape index (κ3) is 2.87. The van der Waals surface area contributed by atoms with Gasteiger partial charge in [0, 0.05) is 18.5 Å². The summed E-state index contributed by atoms with van der Waals surface area (Å²) in [5, 5.41) is 8.42. The number of benzene rings is 1. The van der Waals surface area contributed by atoms with Gasteiger partial charge >= 0.3 is 6.61 Å². The van der Waals surface area contributed by atoms with E-state index in [1.54, 1.807) is 12.1 Å². The second kappa shape index (κ2) is 5.77. The molecule has 1 aliphatic heterocycles. The minimum Gasteiger partial charge on any atom is -0.435 e. The van der Waals surface area contributed by atoms with Crippen LogP contribution >= 0.6 is 0 Å². The molecule has 1 aliphatic rings. The van der Waals surface area contributed by atoms with Crippen molar-refractivity contribution in [3.63, 3.8) is 0 Å². The van der Waals surface area contributed by atoms with E-state index in [-0.39, 0.29) is 5.75 Å². The third-order valence-corrected chi connectivity index (χ3v) is 3.73. The molecule has 0 spiro atoms. The number of alkyl halides is 2. The van der Waals surface area contributed by atoms with Gasteiger partial charge in [-0.25, -0.2) is 0 Å². The highest BCUT2D eigenvalue weighted by Gasteiger charge is 2.22. The van der Waals surface area contributed by atoms with E-state index in [4.69, 9.17) is 5.73 Å². The minimum absolute atomic E-state index is 0.135. The Morgan fingerprint density at radius 3 is 2.71 bits per heavy atom. The van der Waals surface area contributed by atoms with Gasteiger partial charge in [-0.15, -0.1) is 10.2 Å². The molecule has 5 nitrogen and oxygen atoms in total. The highest BCUT2D eigenvalue weighted by molar-refractivity contribution is 5.56. The highest BCUT2D eigenvalue weighted by atomic mass is 19.3. The van der Waals surface area contributed by atoms with Gasteiger partial charge < -0.3 is 15.0 Å². The van der Waals surface area contributed by atoms with Crippen molar-refractivity contribution in [2.24, 2.45) is 11.7 Å². The van der Waals surface area contributed by atoms with E-state index in [0.29, 0.717) is 12.5 Å². The van der Waals surface area contributed by atoms with Gasteiger partial charge in [0.15, 0.2) is 5.82 Å². The van der Waals surface area contributed by atoms with E-state index in [9.17, 15) is 8.78 Å². The Hall–Kier alpha value is -2.02. The first-order valence-corrected chi connectivity index (χ1v) is 6.84. The number of ether oxygens (including phenoxy) is 1. The number of fused-ring (bicyclic) bond motifs is 1. The van der Waals surface area contributed by atoms with Crippen molar-refractivity contribution >= 4 is 0 Å². The molecule has 1 aromatic heterocycles. The lowest BCUT2D eigenvalue weighted by Crippen LogP contribution is -2.25. The summed E-state index contributed by atoms with van der Waals surface area (Å²) < 4.78 is 30.7. The quantitative estimate of drug-likeness (QED) is 0.937. The Labute approximate surface area is 120 Å². The summed E-state index contributed by atoms with van der Waals surface area (Å²) >= 11 is 0. The largest absolute Gasteiger partial charge is 0.435 e. The molecule has 0 aliphatic carbocycles. The number of halogens is 2. The van der Waals surface area contributed by atoms with Crippen LogP contribution in [0.5, 0.6) is 5.75 Å². The van der Waals surface area contributed by atoms with Gasteiger partial charge in [0.05, 0.1) is 0 Å². The maximum absolute atomic E-state index is 12.1. The summed E-state index contributed by atoms with van der Waals surface area (Å²) in [4.78, 5) is 0. The van der Waals surface area contributed by atoms with Crippen molar-refractivity contribution in [1.29, 1.82) is 0 Å². The lowest BCUT2D eigenvalue weighted by Gasteiger charge is -2.22. The summed E-state index contributed by atoms with van der Waals surface area (Å²) in [7, 11) is 0. The molecule has 0 saturated carbocycles. The number of nitrogens with zero attached hydrogens (tertiary/aromatic N) is 3. The lowest BCUT2D eigenvalue weighted by molar-refractivity contribution is -0.0498. The molecule has 2 N–H and O–H groups in total. The van der Waals surface area contributed by atoms with Crippen LogP contribution in [-0.4, -0.2) is 27.9 Å². The summed E-state index contributed by atoms with van der Waals surface area (Å²) in [5.74, 6) is 2.27. The SMILES string of the molecule is NCC1CCn2c(nnc2-c2ccc(OC(F)F)cc2)C1. The standard InChI is InChI=1S/C14H16F2N4O/c15-14(16)21-11-3-1-10(2-4-11)13-19-18-12-7-9(8-17)5-6-20(12)13/h1-4,9,14H,5-8,17H2. The Kier molecular flexibility index (Phi) is 3.83. The van der Waals surface area contributed by atoms with Crippen molar-refractivity contribution in [2.45, 2.75) is 26.0 Å². The van der Waals surface area contributed by atoms with Crippen LogP contribution < -0.4 is 10.5 Å². The van der Waals surface area contributed by atoms with Crippen LogP contribution in [0.2, 0.25) is 0 Å². The zero-order chi connectivity index (χ0) is 14.8. The molecular formula is C14H16F2N4O. The summed E-state index contributed by atoms with van der Waals surface area (Å²) in [6.07, 6.45) is 1.83. The first kappa shape index (κ1) is 13.9. The fourth-order valence-electron chi connectivity index (χ4n) is 2.59. The molecule has 112 valence electrons. The van der Waals surface area contributed by atoms with Crippen LogP contribution in [0.15, 0.2) is 24.3 Å². The van der Waals surface area contributed by atoms with Gasteiger partial charge in [-0.3, -0.25) is 0 Å². The molecule has 3 rings (SSSR count). The third-order valence-electron chi connectivity index (χ3n) is 3.73. The molecule has 21 heavy (non-hydrogen) atoms. The van der Waals surface area contributed by atoms with Crippen LogP contribution in [0.25, 0.3) is 11.4 Å². The molecule has 7 heteroatoms. The first-order chi connectivity index (χ1) is 10.2. The van der Waals surface area contributed by atoms with Crippen LogP contribution in [-0.2, 0) is 13.0 Å². The van der Waals surface area contributed by atoms with Crippen LogP contribution in [0, 0.1) is 5.92 Å². The normalized spacial score (nSPS) is 17.8. The Bertz CT molecular complexity index is 612. The molecule has 0 radical (unpaired) electrons. The topological polar surface area (TPSA) is 66.0 Å². The van der Waals surface area contributed by atoms with Gasteiger partial charge in [0.2, 0.25) is 0 Å². The maximum atomic E-state index is 12.1. The summed E-state index contributed by atoms with van der Waals surface area (Å²) in [6.45, 7) is -1.33. The zero-order valence-corrected chi connectivity index (χ0v) is 11.4. The van der Waals surface area contributed by atoms with E-state index >= 15 is 0 Å². The van der Waals surface area contributed by atoms with Gasteiger partial charge in [-0.05, 0) is 43.1 Å². The number of hydrogen-bond donors (Lipinski definition) is 1. The van der Waals surface area contributed by atoms with Gasteiger partial charge in [-0.2, -0.15) is 8.78 Å². The minimum atomic E-state index is -2.81. The van der Waals surface area contributed by atoms with Crippen molar-refractivity contribution in [3.05, 3.63) is 30.1 Å². The second-order valence-electron chi connectivity index (χ2n) is 5.09. The monoisotopic (exact) mass is 294 g/mol. The summed E-state index contributed by atoms with van der Waals surface area (Å²) in [5.41, 5.74) is 6.54. The molecular weight excluding hydrogens is 278 g/mol. The molecule has 1 unspecified atom stereocenters. The molecule has 1 atom stereocenters. The fraction of sp³-hybridized carbons (Fsp3) is 0.429. The van der Waals surface area contributed by atoms with E-state index in [1.165, 1.54) is 12.1 Å². The predicted molar refractivity (Wildman–Crippen MR) is 73.0 cm³/mol. The smallest absolute Gasteiger partial charge is 0.387 e. The molecule has 0 saturated heterocycles. The maximum Gasteiger partial charge on any atom is 0.387 e. The van der Waals surface area contributed by atoms with Gasteiger partial charge in [0.25, 0.3) is 0 Å². The molecule has 0 amide bonds. The van der Waals surface area contributed by atoms with E-state index in [2.05, 4.69) is 19.5 Å². The Morgan fingerprint density at radius 1 is 1.29 bits per heavy atom. The van der Waals surface area contributed by atoms with Gasteiger partial charge in [0.1, 0.15) is 11.6 Å². The Balaban J connectivity index is 1.83. The molecule has 2 heterocycles. The highest BCUT2D eigenvalue weighted by Crippen LogP contribution is 2.26. The Morgan fingerprint density at radius 2 is 2.05 bits per heavy atom. The lowest BCUT2D eigenvalue weighted by atomic mass is 9.98. The van der Waals surface area contributed by atoms with Crippen LogP contribution in [0.4, 0.5) is 8.78 Å². The number of rotatable bonds is 4. The van der Waals surface area contributed by atoms with Crippen LogP contribution in [0.1, 0.15) is 12.2 Å². The molecule has 2 aromatic rings. The zero-order valence-electron chi connectivity index (χ0n) is 11.4. The number of nitrogens with two attached hydrogens (primary N) is 1. The average Bonchev–Trinajstić information content (AvgIpc) is 2.90. The molecule has 0 bridgehead atoms. The number of hydrogen-bond acceptors (Lipinski definition) is 4. The van der Waals surface area contributed by atoms with Crippen LogP contribution in [0.3, 0.4) is 0 Å². The average molecular weight is 294 g/mol. The van der Waals surface area contributed by atoms with Crippen molar-refractivity contribution in [1.82, 2.24) is 14.8 Å². The second-order valence-corrected chi connectivity index (χ2v) is 5.09. The first-order valence-electron chi connectivity index (χ1n) is 6.84. The number of aromatic nitrogens is 3. The molecule has 1 aromatic carbocycles. The fourth-order valence-corrected chi connectivity index (χ4v) is 2.59. The van der Waals surface area contributed by atoms with Crippen molar-refractivity contribution < 1.29 is 13.5 Å². The van der Waals surface area contributed by atoms with E-state index in [0.717, 1.165) is 36.6 Å². The van der Waals surface area contributed by atoms with E-state index in [1.807, 2.05) is 0 Å².